The molecule has 23 heavy (non-hydrogen) atoms. The molecule has 0 atom stereocenters. The highest BCUT2D eigenvalue weighted by Gasteiger charge is 2.10. The van der Waals surface area contributed by atoms with E-state index in [0.717, 1.165) is 0 Å². The molecule has 0 aliphatic carbocycles. The van der Waals surface area contributed by atoms with Gasteiger partial charge in [0.1, 0.15) is 11.5 Å². The Balaban J connectivity index is 2.03. The molecular weight excluding hydrogens is 338 g/mol. The predicted octanol–water partition coefficient (Wildman–Crippen LogP) is 4.52. The zero-order valence-corrected chi connectivity index (χ0v) is 14.5. The van der Waals surface area contributed by atoms with Crippen LogP contribution in [0.4, 0.5) is 0 Å². The van der Waals surface area contributed by atoms with Gasteiger partial charge < -0.3 is 18.8 Å². The predicted molar refractivity (Wildman–Crippen MR) is 93.6 cm³/mol. The van der Waals surface area contributed by atoms with Gasteiger partial charge in [0, 0.05) is 22.2 Å². The molecule has 4 nitrogen and oxygen atoms in total. The van der Waals surface area contributed by atoms with Crippen molar-refractivity contribution >= 4 is 30.9 Å². The Bertz CT molecular complexity index is 596. The van der Waals surface area contributed by atoms with Gasteiger partial charge in [-0.1, -0.05) is 23.2 Å². The molecule has 2 aromatic rings. The summed E-state index contributed by atoms with van der Waals surface area (Å²) in [6.45, 7) is 4.82. The van der Waals surface area contributed by atoms with Crippen LogP contribution >= 0.6 is 23.2 Å². The van der Waals surface area contributed by atoms with Gasteiger partial charge in [-0.3, -0.25) is 0 Å². The third kappa shape index (κ3) is 5.15. The standard InChI is InChI=1S/C16H17BCl2O4/c1-3-20-15-9-11(18)5-7-13(15)22-17-23-14-8-6-12(19)10-16(14)21-4-2/h5-10,17H,3-4H2,1-2H3. The molecule has 0 aliphatic rings. The van der Waals surface area contributed by atoms with E-state index >= 15 is 0 Å². The highest BCUT2D eigenvalue weighted by atomic mass is 35.5. The van der Waals surface area contributed by atoms with Gasteiger partial charge in [0.2, 0.25) is 0 Å². The first-order valence-corrected chi connectivity index (χ1v) is 8.00. The van der Waals surface area contributed by atoms with E-state index in [4.69, 9.17) is 42.0 Å². The van der Waals surface area contributed by atoms with Crippen molar-refractivity contribution in [2.75, 3.05) is 13.2 Å². The monoisotopic (exact) mass is 354 g/mol. The van der Waals surface area contributed by atoms with Crippen LogP contribution in [0.1, 0.15) is 13.8 Å². The third-order valence-corrected chi connectivity index (χ3v) is 3.31. The lowest BCUT2D eigenvalue weighted by molar-refractivity contribution is 0.317. The van der Waals surface area contributed by atoms with E-state index in [0.29, 0.717) is 46.3 Å². The molecule has 0 saturated heterocycles. The minimum absolute atomic E-state index is 0.00339. The number of hydrogen-bond donors (Lipinski definition) is 0. The quantitative estimate of drug-likeness (QED) is 0.653. The highest BCUT2D eigenvalue weighted by molar-refractivity contribution is 6.31. The minimum atomic E-state index is 0.00339. The van der Waals surface area contributed by atoms with E-state index < -0.39 is 0 Å². The molecule has 0 radical (unpaired) electrons. The molecule has 122 valence electrons. The van der Waals surface area contributed by atoms with Gasteiger partial charge in [0.15, 0.2) is 11.5 Å². The molecule has 0 bridgehead atoms. The molecule has 0 aliphatic heterocycles. The van der Waals surface area contributed by atoms with Crippen molar-refractivity contribution in [2.45, 2.75) is 13.8 Å². The van der Waals surface area contributed by atoms with E-state index in [2.05, 4.69) is 0 Å². The number of halogens is 2. The number of benzene rings is 2. The smallest absolute Gasteiger partial charge is 0.526 e. The summed E-state index contributed by atoms with van der Waals surface area (Å²) in [6, 6.07) is 10.3. The normalized spacial score (nSPS) is 10.1. The van der Waals surface area contributed by atoms with Crippen molar-refractivity contribution in [1.29, 1.82) is 0 Å². The Morgan fingerprint density at radius 3 is 1.57 bits per heavy atom. The second-order valence-electron chi connectivity index (χ2n) is 4.45. The third-order valence-electron chi connectivity index (χ3n) is 2.84. The zero-order chi connectivity index (χ0) is 16.7. The number of hydrogen-bond acceptors (Lipinski definition) is 4. The van der Waals surface area contributed by atoms with Crippen molar-refractivity contribution in [3.8, 4) is 23.0 Å². The van der Waals surface area contributed by atoms with Crippen molar-refractivity contribution in [3.05, 3.63) is 46.4 Å². The summed E-state index contributed by atoms with van der Waals surface area (Å²) in [6.07, 6.45) is 0. The lowest BCUT2D eigenvalue weighted by atomic mass is 10.2. The SMILES string of the molecule is CCOc1cc(Cl)ccc1OBOc1ccc(Cl)cc1OCC. The Morgan fingerprint density at radius 2 is 1.17 bits per heavy atom. The summed E-state index contributed by atoms with van der Waals surface area (Å²) in [4.78, 5) is 0. The number of rotatable bonds is 8. The first kappa shape index (κ1) is 17.6. The zero-order valence-electron chi connectivity index (χ0n) is 13.0. The van der Waals surface area contributed by atoms with Crippen molar-refractivity contribution in [1.82, 2.24) is 0 Å². The lowest BCUT2D eigenvalue weighted by Gasteiger charge is -2.14. The maximum atomic E-state index is 5.96. The van der Waals surface area contributed by atoms with Gasteiger partial charge in [-0.05, 0) is 38.1 Å². The summed E-state index contributed by atoms with van der Waals surface area (Å²) in [5, 5.41) is 1.16. The summed E-state index contributed by atoms with van der Waals surface area (Å²) in [5.74, 6) is 2.26. The van der Waals surface area contributed by atoms with Crippen LogP contribution in [0, 0.1) is 0 Å². The lowest BCUT2D eigenvalue weighted by Crippen LogP contribution is -2.12. The fourth-order valence-corrected chi connectivity index (χ4v) is 2.22. The summed E-state index contributed by atoms with van der Waals surface area (Å²) >= 11 is 11.9. The van der Waals surface area contributed by atoms with Crippen LogP contribution in [-0.2, 0) is 0 Å². The Morgan fingerprint density at radius 1 is 0.739 bits per heavy atom. The molecule has 7 heteroatoms. The minimum Gasteiger partial charge on any atom is -0.526 e. The van der Waals surface area contributed by atoms with Crippen molar-refractivity contribution < 1.29 is 18.8 Å². The summed E-state index contributed by atoms with van der Waals surface area (Å²) in [5.41, 5.74) is 0. The second kappa shape index (κ2) is 8.80. The first-order valence-electron chi connectivity index (χ1n) is 7.24. The molecule has 0 amide bonds. The van der Waals surface area contributed by atoms with Crippen molar-refractivity contribution in [3.63, 3.8) is 0 Å². The van der Waals surface area contributed by atoms with E-state index in [9.17, 15) is 0 Å². The van der Waals surface area contributed by atoms with Gasteiger partial charge in [0.05, 0.1) is 13.2 Å². The maximum Gasteiger partial charge on any atom is 0.576 e. The van der Waals surface area contributed by atoms with Crippen LogP contribution < -0.4 is 18.8 Å². The maximum absolute atomic E-state index is 5.96. The molecule has 0 fully saturated rings. The molecule has 0 aromatic heterocycles. The molecule has 0 heterocycles. The molecule has 0 spiro atoms. The van der Waals surface area contributed by atoms with Crippen LogP contribution in [0.5, 0.6) is 23.0 Å². The Hall–Kier alpha value is -1.72. The first-order chi connectivity index (χ1) is 11.1. The Kier molecular flexibility index (Phi) is 6.75. The summed E-state index contributed by atoms with van der Waals surface area (Å²) in [7, 11) is 0.00339. The van der Waals surface area contributed by atoms with Gasteiger partial charge in [-0.15, -0.1) is 0 Å². The van der Waals surface area contributed by atoms with E-state index in [1.165, 1.54) is 0 Å². The van der Waals surface area contributed by atoms with Crippen LogP contribution in [0.25, 0.3) is 0 Å². The van der Waals surface area contributed by atoms with Crippen LogP contribution in [-0.4, -0.2) is 20.9 Å². The molecule has 0 unspecified atom stereocenters. The fraction of sp³-hybridized carbons (Fsp3) is 0.250. The largest absolute Gasteiger partial charge is 0.576 e. The topological polar surface area (TPSA) is 36.9 Å². The second-order valence-corrected chi connectivity index (χ2v) is 5.33. The summed E-state index contributed by atoms with van der Waals surface area (Å²) < 4.78 is 22.2. The average Bonchev–Trinajstić information content (AvgIpc) is 2.52. The van der Waals surface area contributed by atoms with Gasteiger partial charge in [-0.2, -0.15) is 0 Å². The average molecular weight is 355 g/mol. The van der Waals surface area contributed by atoms with E-state index in [1.54, 1.807) is 36.4 Å². The molecule has 0 saturated carbocycles. The van der Waals surface area contributed by atoms with Crippen LogP contribution in [0.15, 0.2) is 36.4 Å². The Labute approximate surface area is 146 Å². The van der Waals surface area contributed by atoms with Gasteiger partial charge in [0.25, 0.3) is 0 Å². The molecule has 2 aromatic carbocycles. The molecular formula is C16H17BCl2O4. The highest BCUT2D eigenvalue weighted by Crippen LogP contribution is 2.32. The molecule has 2 rings (SSSR count). The fourth-order valence-electron chi connectivity index (χ4n) is 1.90. The molecule has 0 N–H and O–H groups in total. The number of ether oxygens (including phenoxy) is 2. The van der Waals surface area contributed by atoms with Crippen LogP contribution in [0.2, 0.25) is 10.0 Å². The van der Waals surface area contributed by atoms with E-state index in [-0.39, 0.29) is 7.69 Å². The van der Waals surface area contributed by atoms with Gasteiger partial charge >= 0.3 is 7.69 Å². The van der Waals surface area contributed by atoms with Crippen molar-refractivity contribution in [2.24, 2.45) is 0 Å². The van der Waals surface area contributed by atoms with Gasteiger partial charge in [-0.25, -0.2) is 0 Å². The van der Waals surface area contributed by atoms with E-state index in [1.807, 2.05) is 13.8 Å². The van der Waals surface area contributed by atoms with Crippen LogP contribution in [0.3, 0.4) is 0 Å².